The van der Waals surface area contributed by atoms with Crippen molar-refractivity contribution in [2.75, 3.05) is 5.32 Å². The average Bonchev–Trinajstić information content (AvgIpc) is 2.30. The molecule has 0 unspecified atom stereocenters. The van der Waals surface area contributed by atoms with Crippen LogP contribution in [0.15, 0.2) is 36.7 Å². The highest BCUT2D eigenvalue weighted by Gasteiger charge is 2.03. The van der Waals surface area contributed by atoms with Crippen LogP contribution >= 0.6 is 34.8 Å². The molecule has 1 aromatic carbocycles. The molecule has 0 spiro atoms. The van der Waals surface area contributed by atoms with E-state index in [0.29, 0.717) is 21.6 Å². The quantitative estimate of drug-likeness (QED) is 0.888. The van der Waals surface area contributed by atoms with E-state index < -0.39 is 0 Å². The van der Waals surface area contributed by atoms with Gasteiger partial charge in [0.2, 0.25) is 0 Å². The van der Waals surface area contributed by atoms with E-state index >= 15 is 0 Å². The molecule has 2 aromatic rings. The molecular formula is C12H9Cl3N2. The average molecular weight is 288 g/mol. The molecule has 0 saturated carbocycles. The Kier molecular flexibility index (Phi) is 4.11. The Hall–Kier alpha value is -0.960. The number of anilines is 1. The molecule has 2 rings (SSSR count). The van der Waals surface area contributed by atoms with E-state index in [1.54, 1.807) is 30.6 Å². The number of nitrogens with zero attached hydrogens (tertiary/aromatic N) is 1. The minimum Gasteiger partial charge on any atom is -0.378 e. The second-order valence-corrected chi connectivity index (χ2v) is 4.70. The number of hydrogen-bond acceptors (Lipinski definition) is 2. The predicted molar refractivity (Wildman–Crippen MR) is 73.0 cm³/mol. The molecule has 0 radical (unpaired) electrons. The summed E-state index contributed by atoms with van der Waals surface area (Å²) in [5.74, 6) is 0. The summed E-state index contributed by atoms with van der Waals surface area (Å²) in [6.07, 6.45) is 3.31. The lowest BCUT2D eigenvalue weighted by Gasteiger charge is -2.09. The smallest absolute Gasteiger partial charge is 0.0718 e. The molecule has 0 aliphatic rings. The molecule has 17 heavy (non-hydrogen) atoms. The molecule has 1 N–H and O–H groups in total. The number of pyridine rings is 1. The maximum Gasteiger partial charge on any atom is 0.0718 e. The molecule has 0 aliphatic heterocycles. The van der Waals surface area contributed by atoms with Crippen molar-refractivity contribution in [3.05, 3.63) is 57.3 Å². The second-order valence-electron chi connectivity index (χ2n) is 3.44. The first kappa shape index (κ1) is 12.5. The molecular weight excluding hydrogens is 279 g/mol. The first-order valence-corrected chi connectivity index (χ1v) is 6.07. The van der Waals surface area contributed by atoms with Crippen molar-refractivity contribution in [3.63, 3.8) is 0 Å². The number of nitrogens with one attached hydrogen (secondary N) is 1. The highest BCUT2D eigenvalue weighted by Crippen LogP contribution is 2.24. The summed E-state index contributed by atoms with van der Waals surface area (Å²) in [5, 5.41) is 5.05. The summed E-state index contributed by atoms with van der Waals surface area (Å²) < 4.78 is 0. The molecule has 0 amide bonds. The largest absolute Gasteiger partial charge is 0.378 e. The van der Waals surface area contributed by atoms with Gasteiger partial charge in [0, 0.05) is 22.8 Å². The molecule has 0 fully saturated rings. The Morgan fingerprint density at radius 3 is 2.59 bits per heavy atom. The van der Waals surface area contributed by atoms with E-state index in [2.05, 4.69) is 10.3 Å². The number of rotatable bonds is 3. The molecule has 88 valence electrons. The van der Waals surface area contributed by atoms with Crippen LogP contribution in [0.3, 0.4) is 0 Å². The number of hydrogen-bond donors (Lipinski definition) is 1. The zero-order valence-corrected chi connectivity index (χ0v) is 11.0. The zero-order chi connectivity index (χ0) is 12.3. The van der Waals surface area contributed by atoms with Crippen LogP contribution in [0.2, 0.25) is 15.1 Å². The highest BCUT2D eigenvalue weighted by atomic mass is 35.5. The second kappa shape index (κ2) is 5.58. The van der Waals surface area contributed by atoms with E-state index in [-0.39, 0.29) is 0 Å². The summed E-state index contributed by atoms with van der Waals surface area (Å²) in [5.41, 5.74) is 1.73. The Balaban J connectivity index is 2.10. The van der Waals surface area contributed by atoms with Crippen molar-refractivity contribution >= 4 is 40.5 Å². The first-order chi connectivity index (χ1) is 8.16. The van der Waals surface area contributed by atoms with E-state index in [1.165, 1.54) is 0 Å². The van der Waals surface area contributed by atoms with Gasteiger partial charge in [-0.2, -0.15) is 0 Å². The van der Waals surface area contributed by atoms with Crippen LogP contribution < -0.4 is 5.32 Å². The molecule has 0 saturated heterocycles. The number of aromatic nitrogens is 1. The van der Waals surface area contributed by atoms with Gasteiger partial charge in [-0.1, -0.05) is 40.9 Å². The minimum atomic E-state index is 0.571. The fraction of sp³-hybridized carbons (Fsp3) is 0.0833. The Morgan fingerprint density at radius 1 is 1.06 bits per heavy atom. The van der Waals surface area contributed by atoms with Gasteiger partial charge >= 0.3 is 0 Å². The maximum absolute atomic E-state index is 6.06. The van der Waals surface area contributed by atoms with E-state index in [9.17, 15) is 0 Å². The highest BCUT2D eigenvalue weighted by molar-refractivity contribution is 6.35. The topological polar surface area (TPSA) is 24.9 Å². The summed E-state index contributed by atoms with van der Waals surface area (Å²) in [6, 6.07) is 7.12. The van der Waals surface area contributed by atoms with Crippen molar-refractivity contribution in [3.8, 4) is 0 Å². The van der Waals surface area contributed by atoms with Gasteiger partial charge in [0.25, 0.3) is 0 Å². The Bertz CT molecular complexity index is 529. The van der Waals surface area contributed by atoms with Gasteiger partial charge in [0.15, 0.2) is 0 Å². The molecule has 1 aromatic heterocycles. The van der Waals surface area contributed by atoms with Crippen LogP contribution in [0.1, 0.15) is 5.56 Å². The van der Waals surface area contributed by atoms with Crippen molar-refractivity contribution in [1.29, 1.82) is 0 Å². The third kappa shape index (κ3) is 3.25. The van der Waals surface area contributed by atoms with Gasteiger partial charge in [0.1, 0.15) is 0 Å². The van der Waals surface area contributed by atoms with Crippen LogP contribution in [0.4, 0.5) is 5.69 Å². The SMILES string of the molecule is Clc1ccc(CNc2cnccc2Cl)c(Cl)c1. The van der Waals surface area contributed by atoms with Crippen LogP contribution in [0.25, 0.3) is 0 Å². The van der Waals surface area contributed by atoms with Gasteiger partial charge in [-0.3, -0.25) is 4.98 Å². The lowest BCUT2D eigenvalue weighted by molar-refractivity contribution is 1.14. The fourth-order valence-electron chi connectivity index (χ4n) is 1.36. The van der Waals surface area contributed by atoms with Gasteiger partial charge < -0.3 is 5.32 Å². The van der Waals surface area contributed by atoms with Crippen LogP contribution in [-0.2, 0) is 6.54 Å². The van der Waals surface area contributed by atoms with Crippen LogP contribution in [-0.4, -0.2) is 4.98 Å². The van der Waals surface area contributed by atoms with Crippen LogP contribution in [0, 0.1) is 0 Å². The molecule has 0 atom stereocenters. The summed E-state index contributed by atoms with van der Waals surface area (Å²) in [7, 11) is 0. The lowest BCUT2D eigenvalue weighted by atomic mass is 10.2. The normalized spacial score (nSPS) is 10.3. The first-order valence-electron chi connectivity index (χ1n) is 4.94. The predicted octanol–water partition coefficient (Wildman–Crippen LogP) is 4.65. The molecule has 0 bridgehead atoms. The number of benzene rings is 1. The van der Waals surface area contributed by atoms with E-state index in [1.807, 2.05) is 6.07 Å². The molecule has 1 heterocycles. The summed E-state index contributed by atoms with van der Waals surface area (Å²) in [4.78, 5) is 3.99. The number of halogens is 3. The fourth-order valence-corrected chi connectivity index (χ4v) is 2.01. The summed E-state index contributed by atoms with van der Waals surface area (Å²) in [6.45, 7) is 0.571. The van der Waals surface area contributed by atoms with Gasteiger partial charge in [-0.15, -0.1) is 0 Å². The maximum atomic E-state index is 6.06. The molecule has 5 heteroatoms. The zero-order valence-electron chi connectivity index (χ0n) is 8.75. The van der Waals surface area contributed by atoms with Crippen molar-refractivity contribution in [2.24, 2.45) is 0 Å². The van der Waals surface area contributed by atoms with Crippen molar-refractivity contribution < 1.29 is 0 Å². The van der Waals surface area contributed by atoms with Crippen LogP contribution in [0.5, 0.6) is 0 Å². The van der Waals surface area contributed by atoms with E-state index in [4.69, 9.17) is 34.8 Å². The third-order valence-electron chi connectivity index (χ3n) is 2.25. The van der Waals surface area contributed by atoms with Gasteiger partial charge in [-0.05, 0) is 23.8 Å². The molecule has 2 nitrogen and oxygen atoms in total. The summed E-state index contributed by atoms with van der Waals surface area (Å²) >= 11 is 17.9. The van der Waals surface area contributed by atoms with Gasteiger partial charge in [-0.25, -0.2) is 0 Å². The van der Waals surface area contributed by atoms with E-state index in [0.717, 1.165) is 11.3 Å². The lowest BCUT2D eigenvalue weighted by Crippen LogP contribution is -2.00. The van der Waals surface area contributed by atoms with Gasteiger partial charge in [0.05, 0.1) is 16.9 Å². The molecule has 0 aliphatic carbocycles. The Labute approximate surface area is 115 Å². The standard InChI is InChI=1S/C12H9Cl3N2/c13-9-2-1-8(11(15)5-9)6-17-12-7-16-4-3-10(12)14/h1-5,7,17H,6H2. The third-order valence-corrected chi connectivity index (χ3v) is 3.17. The monoisotopic (exact) mass is 286 g/mol. The minimum absolute atomic E-state index is 0.571. The Morgan fingerprint density at radius 2 is 1.88 bits per heavy atom. The van der Waals surface area contributed by atoms with Crippen molar-refractivity contribution in [2.45, 2.75) is 6.54 Å². The van der Waals surface area contributed by atoms with Crippen molar-refractivity contribution in [1.82, 2.24) is 4.98 Å².